The number of alkyl halides is 3. The second kappa shape index (κ2) is 9.99. The molecule has 0 aliphatic carbocycles. The number of nitrogens with zero attached hydrogens (tertiary/aromatic N) is 1. The van der Waals surface area contributed by atoms with Crippen molar-refractivity contribution in [3.05, 3.63) is 39.6 Å². The maximum Gasteiger partial charge on any atom is 0.433 e. The molecule has 15 heteroatoms. The third-order valence-corrected chi connectivity index (χ3v) is 8.99. The lowest BCUT2D eigenvalue weighted by atomic mass is 9.92. The third kappa shape index (κ3) is 5.75. The van der Waals surface area contributed by atoms with Gasteiger partial charge in [0.1, 0.15) is 35.5 Å². The minimum absolute atomic E-state index is 0.0927. The van der Waals surface area contributed by atoms with E-state index in [1.807, 2.05) is 0 Å². The van der Waals surface area contributed by atoms with Crippen LogP contribution >= 0.6 is 7.60 Å². The molecule has 7 atom stereocenters. The van der Waals surface area contributed by atoms with Crippen LogP contribution in [0, 0.1) is 5.82 Å². The van der Waals surface area contributed by atoms with Gasteiger partial charge in [-0.2, -0.15) is 13.2 Å². The van der Waals surface area contributed by atoms with Crippen molar-refractivity contribution in [3.8, 4) is 0 Å². The Morgan fingerprint density at radius 3 is 2.32 bits per heavy atom. The zero-order chi connectivity index (χ0) is 28.1. The minimum atomic E-state index is -4.95. The van der Waals surface area contributed by atoms with E-state index in [0.717, 1.165) is 13.0 Å². The van der Waals surface area contributed by atoms with Crippen molar-refractivity contribution in [2.45, 2.75) is 88.5 Å². The molecule has 208 valence electrons. The van der Waals surface area contributed by atoms with E-state index in [1.165, 1.54) is 13.8 Å². The number of halogens is 4. The van der Waals surface area contributed by atoms with Crippen LogP contribution in [0.4, 0.5) is 17.6 Å². The maximum atomic E-state index is 14.5. The first-order valence-corrected chi connectivity index (χ1v) is 13.0. The summed E-state index contributed by atoms with van der Waals surface area (Å²) in [5.41, 5.74) is -5.04. The first kappa shape index (κ1) is 29.6. The molecule has 3 heterocycles. The molecule has 7 unspecified atom stereocenters. The van der Waals surface area contributed by atoms with E-state index >= 15 is 0 Å². The second-order valence-electron chi connectivity index (χ2n) is 9.57. The van der Waals surface area contributed by atoms with Gasteiger partial charge in [0.05, 0.1) is 17.1 Å². The van der Waals surface area contributed by atoms with Gasteiger partial charge in [0, 0.05) is 18.1 Å². The molecule has 1 saturated heterocycles. The highest BCUT2D eigenvalue weighted by Crippen LogP contribution is 2.59. The van der Waals surface area contributed by atoms with E-state index < -0.39 is 77.2 Å². The van der Waals surface area contributed by atoms with E-state index in [9.17, 15) is 47.1 Å². The van der Waals surface area contributed by atoms with Gasteiger partial charge < -0.3 is 34.5 Å². The van der Waals surface area contributed by atoms with E-state index in [4.69, 9.17) is 9.26 Å². The van der Waals surface area contributed by atoms with Gasteiger partial charge in [-0.15, -0.1) is 0 Å². The summed E-state index contributed by atoms with van der Waals surface area (Å²) in [5, 5.41) is 28.9. The van der Waals surface area contributed by atoms with Crippen LogP contribution in [0.15, 0.2) is 16.9 Å². The lowest BCUT2D eigenvalue weighted by Gasteiger charge is -2.37. The number of rotatable bonds is 8. The van der Waals surface area contributed by atoms with E-state index in [0.29, 0.717) is 0 Å². The third-order valence-electron chi connectivity index (χ3n) is 6.76. The molecule has 37 heavy (non-hydrogen) atoms. The highest BCUT2D eigenvalue weighted by molar-refractivity contribution is 7.54. The molecule has 0 amide bonds. The first-order chi connectivity index (χ1) is 16.9. The number of aromatic amines is 1. The summed E-state index contributed by atoms with van der Waals surface area (Å²) in [5.74, 6) is -1.33. The van der Waals surface area contributed by atoms with E-state index in [2.05, 4.69) is 9.97 Å². The quantitative estimate of drug-likeness (QED) is 0.243. The van der Waals surface area contributed by atoms with Gasteiger partial charge in [0.2, 0.25) is 0 Å². The first-order valence-electron chi connectivity index (χ1n) is 11.4. The molecule has 1 aliphatic heterocycles. The Morgan fingerprint density at radius 1 is 1.16 bits per heavy atom. The van der Waals surface area contributed by atoms with Crippen LogP contribution in [-0.2, 0) is 20.0 Å². The second-order valence-corrected chi connectivity index (χ2v) is 11.8. The highest BCUT2D eigenvalue weighted by atomic mass is 31.2. The predicted molar refractivity (Wildman–Crippen MR) is 122 cm³/mol. The monoisotopic (exact) mass is 556 g/mol. The standard InChI is InChI=1S/C22H29F4N2O8P/c1-5-20(3,36-37(33,34)21(4,32)6-2)9-13-15(29)16(30)17(35-13)11-7-10-12(23)8-14(22(24,25)26)27-18(10)28-19(11)31/h7-8,13,15-17,29-30,32H,5-6,9H2,1-4H3,(H,33,34)(H,27,28,31). The SMILES string of the molecule is CCC(C)(CC1OC(c2cc3c(F)cc(C(F)(F)F)nc3[nH]c2=O)C(O)C1O)OP(=O)(O)C(C)(O)CC. The van der Waals surface area contributed by atoms with Gasteiger partial charge in [-0.3, -0.25) is 9.36 Å². The number of aliphatic hydroxyl groups is 3. The number of hydrogen-bond acceptors (Lipinski definition) is 8. The van der Waals surface area contributed by atoms with Gasteiger partial charge in [-0.1, -0.05) is 13.8 Å². The molecule has 0 spiro atoms. The lowest BCUT2D eigenvalue weighted by molar-refractivity contribution is -0.141. The number of ether oxygens (including phenoxy) is 1. The Hall–Kier alpha value is -1.93. The topological polar surface area (TPSA) is 162 Å². The number of pyridine rings is 2. The Bertz CT molecular complexity index is 1270. The average Bonchev–Trinajstić information content (AvgIpc) is 3.05. The number of H-pyrrole nitrogens is 1. The molecule has 1 aliphatic rings. The van der Waals surface area contributed by atoms with Crippen LogP contribution in [0.25, 0.3) is 11.0 Å². The van der Waals surface area contributed by atoms with Crippen molar-refractivity contribution in [1.29, 1.82) is 0 Å². The largest absolute Gasteiger partial charge is 0.433 e. The summed E-state index contributed by atoms with van der Waals surface area (Å²) in [6, 6.07) is 1.05. The smallest absolute Gasteiger partial charge is 0.388 e. The molecule has 0 radical (unpaired) electrons. The van der Waals surface area contributed by atoms with Crippen molar-refractivity contribution in [2.75, 3.05) is 0 Å². The molecule has 2 aromatic heterocycles. The van der Waals surface area contributed by atoms with Crippen molar-refractivity contribution >= 4 is 18.6 Å². The van der Waals surface area contributed by atoms with Crippen LogP contribution < -0.4 is 5.56 Å². The molecule has 10 nitrogen and oxygen atoms in total. The van der Waals surface area contributed by atoms with Crippen LogP contribution in [0.2, 0.25) is 0 Å². The molecule has 2 aromatic rings. The van der Waals surface area contributed by atoms with Crippen LogP contribution in [0.5, 0.6) is 0 Å². The zero-order valence-corrected chi connectivity index (χ0v) is 21.3. The average molecular weight is 556 g/mol. The number of aliphatic hydroxyl groups excluding tert-OH is 2. The number of fused-ring (bicyclic) bond motifs is 1. The summed E-state index contributed by atoms with van der Waals surface area (Å²) in [4.78, 5) is 28.3. The zero-order valence-electron chi connectivity index (χ0n) is 20.4. The minimum Gasteiger partial charge on any atom is -0.388 e. The van der Waals surface area contributed by atoms with E-state index in [-0.39, 0.29) is 30.9 Å². The Labute approximate surface area is 208 Å². The predicted octanol–water partition coefficient (Wildman–Crippen LogP) is 3.12. The van der Waals surface area contributed by atoms with E-state index in [1.54, 1.807) is 6.92 Å². The summed E-state index contributed by atoms with van der Waals surface area (Å²) in [6.45, 7) is 5.69. The highest BCUT2D eigenvalue weighted by Gasteiger charge is 2.51. The summed E-state index contributed by atoms with van der Waals surface area (Å²) in [6.07, 6.45) is -11.3. The normalized spacial score (nSPS) is 27.6. The van der Waals surface area contributed by atoms with Gasteiger partial charge in [-0.05, 0) is 32.8 Å². The van der Waals surface area contributed by atoms with Crippen molar-refractivity contribution in [3.63, 3.8) is 0 Å². The fraction of sp³-hybridized carbons (Fsp3) is 0.636. The Balaban J connectivity index is 1.92. The van der Waals surface area contributed by atoms with Gasteiger partial charge in [0.15, 0.2) is 5.34 Å². The Kier molecular flexibility index (Phi) is 8.00. The van der Waals surface area contributed by atoms with Crippen LogP contribution in [0.1, 0.15) is 64.3 Å². The van der Waals surface area contributed by atoms with Crippen molar-refractivity contribution in [1.82, 2.24) is 9.97 Å². The molecule has 5 N–H and O–H groups in total. The molecule has 0 aromatic carbocycles. The van der Waals surface area contributed by atoms with Gasteiger partial charge in [0.25, 0.3) is 5.56 Å². The number of nitrogens with one attached hydrogen (secondary N) is 1. The number of aromatic nitrogens is 2. The van der Waals surface area contributed by atoms with Crippen molar-refractivity contribution < 1.29 is 51.6 Å². The lowest BCUT2D eigenvalue weighted by Crippen LogP contribution is -2.40. The molecule has 0 bridgehead atoms. The summed E-state index contributed by atoms with van der Waals surface area (Å²) in [7, 11) is -4.58. The fourth-order valence-corrected chi connectivity index (χ4v) is 5.35. The summed E-state index contributed by atoms with van der Waals surface area (Å²) < 4.78 is 77.1. The molecule has 0 saturated carbocycles. The fourth-order valence-electron chi connectivity index (χ4n) is 3.96. The summed E-state index contributed by atoms with van der Waals surface area (Å²) >= 11 is 0. The maximum absolute atomic E-state index is 14.5. The Morgan fingerprint density at radius 2 is 1.78 bits per heavy atom. The van der Waals surface area contributed by atoms with Gasteiger partial charge >= 0.3 is 13.8 Å². The molecule has 3 rings (SSSR count). The molecular formula is C22H29F4N2O8P. The van der Waals surface area contributed by atoms with Crippen LogP contribution in [-0.4, -0.2) is 59.4 Å². The van der Waals surface area contributed by atoms with Crippen molar-refractivity contribution in [2.24, 2.45) is 0 Å². The van der Waals surface area contributed by atoms with Gasteiger partial charge in [-0.25, -0.2) is 9.37 Å². The molecule has 1 fully saturated rings. The van der Waals surface area contributed by atoms with Crippen LogP contribution in [0.3, 0.4) is 0 Å². The number of hydrogen-bond donors (Lipinski definition) is 5. The molecular weight excluding hydrogens is 527 g/mol.